The molecule has 0 atom stereocenters. The molecule has 16 heavy (non-hydrogen) atoms. The molecule has 2 aromatic rings. The predicted molar refractivity (Wildman–Crippen MR) is 63.9 cm³/mol. The van der Waals surface area contributed by atoms with Crippen molar-refractivity contribution in [3.05, 3.63) is 58.3 Å². The molecule has 1 aromatic carbocycles. The standard InChI is InChI=1S/C12H8Cl2NO/c13-11-6-9(7-12(14)15-11)8-16-10-4-2-1-3-5-10/h2-7H,8H2. The minimum absolute atomic E-state index is 0.368. The summed E-state index contributed by atoms with van der Waals surface area (Å²) in [6.07, 6.45) is 0. The highest BCUT2D eigenvalue weighted by molar-refractivity contribution is 6.32. The van der Waals surface area contributed by atoms with Gasteiger partial charge in [-0.15, -0.1) is 0 Å². The van der Waals surface area contributed by atoms with E-state index in [2.05, 4.69) is 11.1 Å². The van der Waals surface area contributed by atoms with Crippen LogP contribution in [0.5, 0.6) is 5.75 Å². The van der Waals surface area contributed by atoms with E-state index >= 15 is 0 Å². The van der Waals surface area contributed by atoms with Crippen LogP contribution in [0.4, 0.5) is 0 Å². The number of rotatable bonds is 3. The van der Waals surface area contributed by atoms with Gasteiger partial charge in [-0.05, 0) is 35.9 Å². The van der Waals surface area contributed by atoms with E-state index in [0.29, 0.717) is 16.9 Å². The average molecular weight is 253 g/mol. The van der Waals surface area contributed by atoms with Crippen LogP contribution in [0.25, 0.3) is 0 Å². The van der Waals surface area contributed by atoms with E-state index in [-0.39, 0.29) is 0 Å². The molecule has 0 spiro atoms. The molecule has 4 heteroatoms. The molecule has 81 valence electrons. The summed E-state index contributed by atoms with van der Waals surface area (Å²) in [6.45, 7) is 0.409. The molecule has 0 bridgehead atoms. The van der Waals surface area contributed by atoms with E-state index in [0.717, 1.165) is 11.3 Å². The van der Waals surface area contributed by atoms with Gasteiger partial charge in [0, 0.05) is 0 Å². The van der Waals surface area contributed by atoms with Crippen molar-refractivity contribution in [3.63, 3.8) is 0 Å². The zero-order chi connectivity index (χ0) is 11.4. The second-order valence-corrected chi connectivity index (χ2v) is 3.92. The Kier molecular flexibility index (Phi) is 3.65. The summed E-state index contributed by atoms with van der Waals surface area (Å²) in [5.41, 5.74) is 0.887. The first-order valence-electron chi connectivity index (χ1n) is 4.65. The minimum atomic E-state index is 0.368. The second-order valence-electron chi connectivity index (χ2n) is 3.15. The summed E-state index contributed by atoms with van der Waals surface area (Å²) in [6, 6.07) is 13.6. The van der Waals surface area contributed by atoms with Crippen molar-refractivity contribution in [1.29, 1.82) is 0 Å². The zero-order valence-electron chi connectivity index (χ0n) is 8.28. The van der Waals surface area contributed by atoms with E-state index in [1.807, 2.05) is 12.1 Å². The number of halogens is 2. The van der Waals surface area contributed by atoms with Crippen molar-refractivity contribution in [1.82, 2.24) is 4.98 Å². The fourth-order valence-corrected chi connectivity index (χ4v) is 1.74. The third-order valence-corrected chi connectivity index (χ3v) is 2.30. The lowest BCUT2D eigenvalue weighted by Gasteiger charge is -2.06. The van der Waals surface area contributed by atoms with E-state index in [1.54, 1.807) is 24.3 Å². The largest absolute Gasteiger partial charge is 0.489 e. The monoisotopic (exact) mass is 252 g/mol. The molecular formula is C12H8Cl2NO. The highest BCUT2D eigenvalue weighted by atomic mass is 35.5. The maximum Gasteiger partial charge on any atom is 0.131 e. The Morgan fingerprint density at radius 3 is 2.38 bits per heavy atom. The number of pyridine rings is 1. The summed E-state index contributed by atoms with van der Waals surface area (Å²) in [5.74, 6) is 0.780. The van der Waals surface area contributed by atoms with Crippen LogP contribution in [0.1, 0.15) is 5.56 Å². The number of nitrogens with zero attached hydrogens (tertiary/aromatic N) is 1. The van der Waals surface area contributed by atoms with Gasteiger partial charge in [0.1, 0.15) is 22.7 Å². The van der Waals surface area contributed by atoms with Gasteiger partial charge < -0.3 is 4.74 Å². The van der Waals surface area contributed by atoms with E-state index in [4.69, 9.17) is 27.9 Å². The normalized spacial score (nSPS) is 10.1. The number of hydrogen-bond donors (Lipinski definition) is 0. The van der Waals surface area contributed by atoms with Gasteiger partial charge in [0.2, 0.25) is 0 Å². The van der Waals surface area contributed by atoms with Crippen LogP contribution in [-0.4, -0.2) is 4.98 Å². The number of aromatic nitrogens is 1. The molecule has 1 aromatic heterocycles. The van der Waals surface area contributed by atoms with Gasteiger partial charge in [0.25, 0.3) is 0 Å². The number of hydrogen-bond acceptors (Lipinski definition) is 2. The Bertz CT molecular complexity index is 453. The molecule has 1 heterocycles. The minimum Gasteiger partial charge on any atom is -0.489 e. The van der Waals surface area contributed by atoms with Crippen LogP contribution >= 0.6 is 23.2 Å². The molecule has 0 saturated heterocycles. The second kappa shape index (κ2) is 5.19. The van der Waals surface area contributed by atoms with Gasteiger partial charge in [-0.2, -0.15) is 0 Å². The van der Waals surface area contributed by atoms with Crippen LogP contribution in [0.2, 0.25) is 10.3 Å². The first kappa shape index (κ1) is 11.2. The van der Waals surface area contributed by atoms with Crippen LogP contribution in [0, 0.1) is 6.07 Å². The first-order valence-corrected chi connectivity index (χ1v) is 5.40. The third-order valence-electron chi connectivity index (χ3n) is 1.92. The highest BCUT2D eigenvalue weighted by Gasteiger charge is 2.00. The average Bonchev–Trinajstić information content (AvgIpc) is 2.27. The van der Waals surface area contributed by atoms with Gasteiger partial charge in [0.15, 0.2) is 0 Å². The summed E-state index contributed by atoms with van der Waals surface area (Å²) in [4.78, 5) is 3.86. The molecule has 2 nitrogen and oxygen atoms in total. The Morgan fingerprint density at radius 2 is 1.75 bits per heavy atom. The van der Waals surface area contributed by atoms with Crippen LogP contribution < -0.4 is 4.74 Å². The van der Waals surface area contributed by atoms with Gasteiger partial charge in [0.05, 0.1) is 0 Å². The quantitative estimate of drug-likeness (QED) is 0.777. The highest BCUT2D eigenvalue weighted by Crippen LogP contribution is 2.17. The van der Waals surface area contributed by atoms with Gasteiger partial charge in [-0.1, -0.05) is 35.3 Å². The van der Waals surface area contributed by atoms with E-state index in [1.165, 1.54) is 0 Å². The molecular weight excluding hydrogens is 245 g/mol. The lowest BCUT2D eigenvalue weighted by Crippen LogP contribution is -1.96. The lowest BCUT2D eigenvalue weighted by atomic mass is 10.3. The van der Waals surface area contributed by atoms with Crippen molar-refractivity contribution in [2.24, 2.45) is 0 Å². The summed E-state index contributed by atoms with van der Waals surface area (Å²) in [5, 5.41) is 0.736. The summed E-state index contributed by atoms with van der Waals surface area (Å²) >= 11 is 11.6. The molecule has 0 saturated carbocycles. The van der Waals surface area contributed by atoms with Crippen LogP contribution in [-0.2, 0) is 6.61 Å². The predicted octanol–water partition coefficient (Wildman–Crippen LogP) is 3.77. The molecule has 0 amide bonds. The van der Waals surface area contributed by atoms with Crippen LogP contribution in [0.3, 0.4) is 0 Å². The molecule has 0 unspecified atom stereocenters. The molecule has 0 aliphatic heterocycles. The van der Waals surface area contributed by atoms with Crippen molar-refractivity contribution >= 4 is 23.2 Å². The van der Waals surface area contributed by atoms with Gasteiger partial charge in [-0.3, -0.25) is 0 Å². The molecule has 0 aliphatic carbocycles. The number of ether oxygens (including phenoxy) is 1. The zero-order valence-corrected chi connectivity index (χ0v) is 9.79. The number of benzene rings is 1. The van der Waals surface area contributed by atoms with Crippen molar-refractivity contribution < 1.29 is 4.74 Å². The van der Waals surface area contributed by atoms with E-state index < -0.39 is 0 Å². The Labute approximate surface area is 104 Å². The molecule has 0 N–H and O–H groups in total. The lowest BCUT2D eigenvalue weighted by molar-refractivity contribution is 0.306. The Morgan fingerprint density at radius 1 is 1.12 bits per heavy atom. The van der Waals surface area contributed by atoms with Gasteiger partial charge in [-0.25, -0.2) is 4.98 Å². The smallest absolute Gasteiger partial charge is 0.131 e. The molecule has 2 rings (SSSR count). The first-order chi connectivity index (χ1) is 7.74. The van der Waals surface area contributed by atoms with Gasteiger partial charge >= 0.3 is 0 Å². The SMILES string of the molecule is Clc1cc(COc2cc[c]cc2)cc(Cl)n1. The van der Waals surface area contributed by atoms with Crippen LogP contribution in [0.15, 0.2) is 36.4 Å². The maximum atomic E-state index is 5.78. The van der Waals surface area contributed by atoms with Crippen molar-refractivity contribution in [2.75, 3.05) is 0 Å². The Balaban J connectivity index is 2.05. The summed E-state index contributed by atoms with van der Waals surface area (Å²) in [7, 11) is 0. The molecule has 0 fully saturated rings. The van der Waals surface area contributed by atoms with E-state index in [9.17, 15) is 0 Å². The fraction of sp³-hybridized carbons (Fsp3) is 0.0833. The van der Waals surface area contributed by atoms with Crippen molar-refractivity contribution in [2.45, 2.75) is 6.61 Å². The molecule has 0 aliphatic rings. The summed E-state index contributed by atoms with van der Waals surface area (Å²) < 4.78 is 5.54. The molecule has 1 radical (unpaired) electrons. The Hall–Kier alpha value is -1.25. The van der Waals surface area contributed by atoms with Crippen molar-refractivity contribution in [3.8, 4) is 5.75 Å². The third kappa shape index (κ3) is 3.12. The fourth-order valence-electron chi connectivity index (χ4n) is 1.23. The maximum absolute atomic E-state index is 5.78. The topological polar surface area (TPSA) is 22.1 Å².